The van der Waals surface area contributed by atoms with Crippen LogP contribution in [0.2, 0.25) is 5.02 Å². The van der Waals surface area contributed by atoms with E-state index in [2.05, 4.69) is 25.6 Å². The van der Waals surface area contributed by atoms with Gasteiger partial charge < -0.3 is 15.4 Å². The Morgan fingerprint density at radius 3 is 2.68 bits per heavy atom. The molecular weight excluding hydrogens is 628 g/mol. The van der Waals surface area contributed by atoms with Gasteiger partial charge in [0, 0.05) is 47.6 Å². The van der Waals surface area contributed by atoms with Crippen LogP contribution in [0.5, 0.6) is 5.75 Å². The van der Waals surface area contributed by atoms with Gasteiger partial charge in [0.1, 0.15) is 36.1 Å². The molecule has 0 bridgehead atoms. The fourth-order valence-corrected chi connectivity index (χ4v) is 6.04. The van der Waals surface area contributed by atoms with Crippen LogP contribution in [0, 0.1) is 17.6 Å². The van der Waals surface area contributed by atoms with Crippen LogP contribution < -0.4 is 15.4 Å². The Bertz CT molecular complexity index is 1940. The van der Waals surface area contributed by atoms with Crippen LogP contribution in [0.25, 0.3) is 22.2 Å². The molecular formula is C31H28ClF2N5O3S2. The summed E-state index contributed by atoms with van der Waals surface area (Å²) in [6.07, 6.45) is 1.91. The highest BCUT2D eigenvalue weighted by Crippen LogP contribution is 2.34. The van der Waals surface area contributed by atoms with Crippen molar-refractivity contribution in [3.8, 4) is 17.0 Å². The van der Waals surface area contributed by atoms with Gasteiger partial charge in [-0.05, 0) is 47.9 Å². The fourth-order valence-electron chi connectivity index (χ4n) is 4.41. The van der Waals surface area contributed by atoms with Crippen molar-refractivity contribution in [3.05, 3.63) is 93.5 Å². The summed E-state index contributed by atoms with van der Waals surface area (Å²) in [5.41, 5.74) is 2.51. The number of rotatable bonds is 12. The SMILES string of the molecule is CC(C)C(CNCCc1nc(-c2cc3c(Nc4ccc(OCc5cccc(F)c5)c(Cl)c4)ncnc3cc2F)cs1)=S(=O)=O. The molecule has 0 unspecified atom stereocenters. The molecule has 228 valence electrons. The van der Waals surface area contributed by atoms with Crippen LogP contribution in [-0.4, -0.2) is 41.3 Å². The van der Waals surface area contributed by atoms with Crippen molar-refractivity contribution in [1.29, 1.82) is 0 Å². The zero-order chi connectivity index (χ0) is 31.2. The number of nitrogens with zero attached hydrogens (tertiary/aromatic N) is 3. The van der Waals surface area contributed by atoms with E-state index < -0.39 is 16.1 Å². The Balaban J connectivity index is 1.30. The molecule has 2 N–H and O–H groups in total. The predicted molar refractivity (Wildman–Crippen MR) is 171 cm³/mol. The van der Waals surface area contributed by atoms with Crippen molar-refractivity contribution in [2.45, 2.75) is 26.9 Å². The highest BCUT2D eigenvalue weighted by Gasteiger charge is 2.15. The van der Waals surface area contributed by atoms with E-state index in [1.54, 1.807) is 41.8 Å². The maximum atomic E-state index is 15.2. The van der Waals surface area contributed by atoms with E-state index in [1.165, 1.54) is 35.9 Å². The summed E-state index contributed by atoms with van der Waals surface area (Å²) in [6, 6.07) is 14.3. The molecule has 0 saturated carbocycles. The first kappa shape index (κ1) is 31.5. The molecule has 8 nitrogen and oxygen atoms in total. The van der Waals surface area contributed by atoms with Crippen molar-refractivity contribution in [2.75, 3.05) is 18.4 Å². The summed E-state index contributed by atoms with van der Waals surface area (Å²) < 4.78 is 57.2. The second kappa shape index (κ2) is 14.2. The lowest BCUT2D eigenvalue weighted by Crippen LogP contribution is -2.28. The van der Waals surface area contributed by atoms with Gasteiger partial charge >= 0.3 is 0 Å². The smallest absolute Gasteiger partial charge is 0.214 e. The van der Waals surface area contributed by atoms with Crippen LogP contribution >= 0.6 is 22.9 Å². The van der Waals surface area contributed by atoms with E-state index in [0.29, 0.717) is 67.8 Å². The van der Waals surface area contributed by atoms with Gasteiger partial charge in [-0.25, -0.2) is 23.7 Å². The number of aromatic nitrogens is 3. The van der Waals surface area contributed by atoms with Crippen molar-refractivity contribution in [2.24, 2.45) is 5.92 Å². The number of hydrogen-bond acceptors (Lipinski definition) is 9. The zero-order valence-electron chi connectivity index (χ0n) is 23.8. The third-order valence-electron chi connectivity index (χ3n) is 6.70. The van der Waals surface area contributed by atoms with Crippen LogP contribution in [0.3, 0.4) is 0 Å². The Morgan fingerprint density at radius 1 is 1.09 bits per heavy atom. The molecule has 0 aliphatic carbocycles. The molecule has 0 radical (unpaired) electrons. The predicted octanol–water partition coefficient (Wildman–Crippen LogP) is 6.85. The van der Waals surface area contributed by atoms with E-state index in [0.717, 1.165) is 5.01 Å². The largest absolute Gasteiger partial charge is 0.487 e. The minimum absolute atomic E-state index is 0.0741. The summed E-state index contributed by atoms with van der Waals surface area (Å²) >= 11 is 7.87. The zero-order valence-corrected chi connectivity index (χ0v) is 26.2. The summed E-state index contributed by atoms with van der Waals surface area (Å²) in [7, 11) is -2.23. The maximum Gasteiger partial charge on any atom is 0.214 e. The first-order valence-electron chi connectivity index (χ1n) is 13.7. The standard InChI is InChI=1S/C31H28ClF2N5O3S2/c1-18(2)29(44(40)41)14-35-9-8-30-39-27(16-43-30)22-12-23-26(13-25(22)34)36-17-37-31(23)38-21-6-7-28(24(32)11-21)42-15-19-4-3-5-20(33)10-19/h3-7,10-13,16-18,35H,8-9,14-15H2,1-2H3,(H,36,37,38). The molecule has 0 fully saturated rings. The number of thiazole rings is 1. The summed E-state index contributed by atoms with van der Waals surface area (Å²) in [4.78, 5) is 13.6. The third kappa shape index (κ3) is 7.75. The molecule has 0 amide bonds. The minimum atomic E-state index is -2.23. The minimum Gasteiger partial charge on any atom is -0.487 e. The Labute approximate surface area is 263 Å². The lowest BCUT2D eigenvalue weighted by molar-refractivity contribution is 0.306. The maximum absolute atomic E-state index is 15.2. The summed E-state index contributed by atoms with van der Waals surface area (Å²) in [6.45, 7) is 4.63. The van der Waals surface area contributed by atoms with Crippen LogP contribution in [0.1, 0.15) is 24.4 Å². The van der Waals surface area contributed by atoms with Gasteiger partial charge in [-0.1, -0.05) is 37.6 Å². The summed E-state index contributed by atoms with van der Waals surface area (Å²) in [5.74, 6) is 0.0108. The average Bonchev–Trinajstić information content (AvgIpc) is 3.45. The first-order chi connectivity index (χ1) is 21.2. The molecule has 0 spiro atoms. The lowest BCUT2D eigenvalue weighted by Gasteiger charge is -2.12. The van der Waals surface area contributed by atoms with E-state index in [-0.39, 0.29) is 24.9 Å². The second-order valence-electron chi connectivity index (χ2n) is 10.2. The van der Waals surface area contributed by atoms with Gasteiger partial charge in [0.05, 0.1) is 26.1 Å². The van der Waals surface area contributed by atoms with Crippen LogP contribution in [0.4, 0.5) is 20.3 Å². The molecule has 13 heteroatoms. The Kier molecular flexibility index (Phi) is 10.2. The van der Waals surface area contributed by atoms with Gasteiger partial charge in [-0.3, -0.25) is 0 Å². The molecule has 44 heavy (non-hydrogen) atoms. The topological polar surface area (TPSA) is 106 Å². The lowest BCUT2D eigenvalue weighted by atomic mass is 10.1. The molecule has 2 heterocycles. The van der Waals surface area contributed by atoms with Crippen molar-refractivity contribution < 1.29 is 21.9 Å². The third-order valence-corrected chi connectivity index (χ3v) is 8.95. The number of fused-ring (bicyclic) bond motifs is 1. The molecule has 2 aromatic heterocycles. The van der Waals surface area contributed by atoms with Gasteiger partial charge in [0.2, 0.25) is 10.3 Å². The quantitative estimate of drug-likeness (QED) is 0.111. The molecule has 3 aromatic carbocycles. The summed E-state index contributed by atoms with van der Waals surface area (Å²) in [5, 5.41) is 9.88. The van der Waals surface area contributed by atoms with Gasteiger partial charge in [0.25, 0.3) is 0 Å². The van der Waals surface area contributed by atoms with Crippen LogP contribution in [-0.2, 0) is 23.3 Å². The average molecular weight is 656 g/mol. The van der Waals surface area contributed by atoms with E-state index in [1.807, 2.05) is 13.8 Å². The van der Waals surface area contributed by atoms with Gasteiger partial charge in [-0.15, -0.1) is 11.3 Å². The van der Waals surface area contributed by atoms with Crippen molar-refractivity contribution in [3.63, 3.8) is 0 Å². The van der Waals surface area contributed by atoms with Crippen molar-refractivity contribution >= 4 is 60.5 Å². The fraction of sp³-hybridized carbons (Fsp3) is 0.226. The Hall–Kier alpha value is -3.97. The normalized spacial score (nSPS) is 11.2. The number of benzene rings is 3. The van der Waals surface area contributed by atoms with Gasteiger partial charge in [0.15, 0.2) is 0 Å². The van der Waals surface area contributed by atoms with Crippen molar-refractivity contribution in [1.82, 2.24) is 20.3 Å². The number of hydrogen-bond donors (Lipinski definition) is 2. The molecule has 0 aliphatic rings. The molecule has 5 aromatic rings. The number of halogens is 3. The van der Waals surface area contributed by atoms with Gasteiger partial charge in [-0.2, -0.15) is 8.42 Å². The monoisotopic (exact) mass is 655 g/mol. The van der Waals surface area contributed by atoms with E-state index in [9.17, 15) is 12.8 Å². The molecule has 5 rings (SSSR count). The number of ether oxygens (including phenoxy) is 1. The van der Waals surface area contributed by atoms with E-state index in [4.69, 9.17) is 16.3 Å². The molecule has 0 saturated heterocycles. The highest BCUT2D eigenvalue weighted by molar-refractivity contribution is 7.73. The highest BCUT2D eigenvalue weighted by atomic mass is 35.5. The number of anilines is 2. The van der Waals surface area contributed by atoms with Crippen LogP contribution in [0.15, 0.2) is 66.3 Å². The second-order valence-corrected chi connectivity index (χ2v) is 12.5. The molecule has 0 atom stereocenters. The molecule has 0 aliphatic heterocycles. The first-order valence-corrected chi connectivity index (χ1v) is 16.0. The number of nitrogens with one attached hydrogen (secondary N) is 2. The Morgan fingerprint density at radius 2 is 1.93 bits per heavy atom. The van der Waals surface area contributed by atoms with E-state index >= 15 is 4.39 Å².